The number of aromatic amines is 1. The van der Waals surface area contributed by atoms with Crippen molar-refractivity contribution in [1.82, 2.24) is 10.2 Å². The van der Waals surface area contributed by atoms with Gasteiger partial charge in [-0.3, -0.25) is 9.89 Å². The third-order valence-corrected chi connectivity index (χ3v) is 2.15. The van der Waals surface area contributed by atoms with E-state index in [1.165, 1.54) is 18.4 Å². The molecule has 2 heterocycles. The number of carbonyl (C=O) groups is 2. The maximum absolute atomic E-state index is 11.7. The first-order chi connectivity index (χ1) is 8.08. The van der Waals surface area contributed by atoms with E-state index in [-0.39, 0.29) is 11.5 Å². The lowest BCUT2D eigenvalue weighted by Gasteiger charge is -1.98. The smallest absolute Gasteiger partial charge is 0.353 e. The summed E-state index contributed by atoms with van der Waals surface area (Å²) in [5.74, 6) is -0.915. The Labute approximate surface area is 95.4 Å². The van der Waals surface area contributed by atoms with Gasteiger partial charge in [0.15, 0.2) is 5.82 Å². The average molecular weight is 235 g/mol. The van der Waals surface area contributed by atoms with Crippen LogP contribution in [0.2, 0.25) is 0 Å². The van der Waals surface area contributed by atoms with Crippen LogP contribution < -0.4 is 5.32 Å². The molecular weight excluding hydrogens is 226 g/mol. The number of hydrogen-bond acceptors (Lipinski definition) is 4. The summed E-state index contributed by atoms with van der Waals surface area (Å²) in [6, 6.07) is 2.76. The van der Waals surface area contributed by atoms with Gasteiger partial charge in [-0.1, -0.05) is 0 Å². The number of anilines is 1. The van der Waals surface area contributed by atoms with E-state index >= 15 is 0 Å². The summed E-state index contributed by atoms with van der Waals surface area (Å²) in [5, 5.41) is 17.0. The SMILES string of the molecule is Cc1occc1C(=O)Nc1cc(C(=O)O)[nH]n1. The van der Waals surface area contributed by atoms with Crippen molar-refractivity contribution >= 4 is 17.7 Å². The summed E-state index contributed by atoms with van der Waals surface area (Å²) in [4.78, 5) is 22.3. The van der Waals surface area contributed by atoms with Gasteiger partial charge in [0.1, 0.15) is 11.5 Å². The van der Waals surface area contributed by atoms with Gasteiger partial charge in [0.25, 0.3) is 5.91 Å². The molecule has 7 nitrogen and oxygen atoms in total. The monoisotopic (exact) mass is 235 g/mol. The first-order valence-electron chi connectivity index (χ1n) is 4.72. The highest BCUT2D eigenvalue weighted by atomic mass is 16.4. The summed E-state index contributed by atoms with van der Waals surface area (Å²) in [5.41, 5.74) is 0.286. The second kappa shape index (κ2) is 4.12. The molecule has 2 aromatic heterocycles. The molecule has 2 rings (SSSR count). The van der Waals surface area contributed by atoms with Crippen LogP contribution in [-0.4, -0.2) is 27.2 Å². The summed E-state index contributed by atoms with van der Waals surface area (Å²) in [6.07, 6.45) is 1.40. The molecule has 0 aliphatic rings. The second-order valence-electron chi connectivity index (χ2n) is 3.32. The first kappa shape index (κ1) is 10.9. The molecular formula is C10H9N3O4. The molecule has 17 heavy (non-hydrogen) atoms. The van der Waals surface area contributed by atoms with Crippen LogP contribution in [0.5, 0.6) is 0 Å². The van der Waals surface area contributed by atoms with Gasteiger partial charge >= 0.3 is 5.97 Å². The number of furan rings is 1. The molecule has 88 valence electrons. The second-order valence-corrected chi connectivity index (χ2v) is 3.32. The number of aryl methyl sites for hydroxylation is 1. The lowest BCUT2D eigenvalue weighted by atomic mass is 10.2. The summed E-state index contributed by atoms with van der Waals surface area (Å²) in [7, 11) is 0. The van der Waals surface area contributed by atoms with E-state index in [0.717, 1.165) is 0 Å². The molecule has 0 fully saturated rings. The summed E-state index contributed by atoms with van der Waals surface area (Å²) in [6.45, 7) is 1.65. The van der Waals surface area contributed by atoms with Crippen molar-refractivity contribution in [2.75, 3.05) is 5.32 Å². The quantitative estimate of drug-likeness (QED) is 0.742. The number of rotatable bonds is 3. The number of hydrogen-bond donors (Lipinski definition) is 3. The topological polar surface area (TPSA) is 108 Å². The predicted molar refractivity (Wildman–Crippen MR) is 56.9 cm³/mol. The highest BCUT2D eigenvalue weighted by Crippen LogP contribution is 2.12. The van der Waals surface area contributed by atoms with E-state index in [0.29, 0.717) is 11.3 Å². The Morgan fingerprint density at radius 2 is 2.29 bits per heavy atom. The third kappa shape index (κ3) is 2.17. The highest BCUT2D eigenvalue weighted by molar-refractivity contribution is 6.04. The molecule has 0 spiro atoms. The fourth-order valence-corrected chi connectivity index (χ4v) is 1.30. The van der Waals surface area contributed by atoms with Crippen LogP contribution >= 0.6 is 0 Å². The molecule has 0 aliphatic heterocycles. The van der Waals surface area contributed by atoms with Crippen molar-refractivity contribution in [3.8, 4) is 0 Å². The Morgan fingerprint density at radius 3 is 2.82 bits per heavy atom. The number of aromatic nitrogens is 2. The fourth-order valence-electron chi connectivity index (χ4n) is 1.30. The van der Waals surface area contributed by atoms with Crippen molar-refractivity contribution in [2.24, 2.45) is 0 Å². The van der Waals surface area contributed by atoms with Gasteiger partial charge in [0.2, 0.25) is 0 Å². The molecule has 0 aromatic carbocycles. The Hall–Kier alpha value is -2.57. The van der Waals surface area contributed by atoms with Gasteiger partial charge in [-0.05, 0) is 13.0 Å². The molecule has 0 saturated heterocycles. The minimum absolute atomic E-state index is 0.0933. The van der Waals surface area contributed by atoms with Gasteiger partial charge in [0, 0.05) is 6.07 Å². The molecule has 1 amide bonds. The van der Waals surface area contributed by atoms with E-state index in [2.05, 4.69) is 15.5 Å². The van der Waals surface area contributed by atoms with Gasteiger partial charge in [-0.2, -0.15) is 5.10 Å². The maximum atomic E-state index is 11.7. The van der Waals surface area contributed by atoms with Crippen molar-refractivity contribution in [1.29, 1.82) is 0 Å². The van der Waals surface area contributed by atoms with Gasteiger partial charge in [-0.15, -0.1) is 0 Å². The van der Waals surface area contributed by atoms with Crippen molar-refractivity contribution in [3.63, 3.8) is 0 Å². The molecule has 0 unspecified atom stereocenters. The zero-order valence-corrected chi connectivity index (χ0v) is 8.85. The van der Waals surface area contributed by atoms with Crippen LogP contribution in [-0.2, 0) is 0 Å². The minimum Gasteiger partial charge on any atom is -0.477 e. The van der Waals surface area contributed by atoms with Gasteiger partial charge in [-0.25, -0.2) is 4.79 Å². The molecule has 3 N–H and O–H groups in total. The lowest BCUT2D eigenvalue weighted by Crippen LogP contribution is -2.12. The van der Waals surface area contributed by atoms with E-state index in [1.807, 2.05) is 0 Å². The largest absolute Gasteiger partial charge is 0.477 e. The van der Waals surface area contributed by atoms with Crippen LogP contribution in [0.4, 0.5) is 5.82 Å². The number of amides is 1. The Kier molecular flexibility index (Phi) is 2.65. The van der Waals surface area contributed by atoms with Crippen LogP contribution in [0.25, 0.3) is 0 Å². The van der Waals surface area contributed by atoms with E-state index in [4.69, 9.17) is 9.52 Å². The van der Waals surface area contributed by atoms with Crippen LogP contribution in [0, 0.1) is 6.92 Å². The molecule has 0 aliphatic carbocycles. The van der Waals surface area contributed by atoms with E-state index in [9.17, 15) is 9.59 Å². The van der Waals surface area contributed by atoms with Crippen LogP contribution in [0.15, 0.2) is 22.8 Å². The van der Waals surface area contributed by atoms with E-state index in [1.54, 1.807) is 6.92 Å². The Bertz CT molecular complexity index is 570. The fraction of sp³-hybridized carbons (Fsp3) is 0.100. The Morgan fingerprint density at radius 1 is 1.53 bits per heavy atom. The molecule has 0 radical (unpaired) electrons. The summed E-state index contributed by atoms with van der Waals surface area (Å²) >= 11 is 0. The number of aromatic carboxylic acids is 1. The molecule has 2 aromatic rings. The van der Waals surface area contributed by atoms with Crippen LogP contribution in [0.3, 0.4) is 0 Å². The first-order valence-corrected chi connectivity index (χ1v) is 4.72. The zero-order valence-electron chi connectivity index (χ0n) is 8.85. The number of carboxylic acid groups (broad SMARTS) is 1. The van der Waals surface area contributed by atoms with Gasteiger partial charge in [0.05, 0.1) is 11.8 Å². The molecule has 0 bridgehead atoms. The van der Waals surface area contributed by atoms with Crippen molar-refractivity contribution < 1.29 is 19.1 Å². The maximum Gasteiger partial charge on any atom is 0.353 e. The number of H-pyrrole nitrogens is 1. The van der Waals surface area contributed by atoms with Crippen molar-refractivity contribution in [2.45, 2.75) is 6.92 Å². The van der Waals surface area contributed by atoms with Crippen LogP contribution in [0.1, 0.15) is 26.6 Å². The van der Waals surface area contributed by atoms with E-state index < -0.39 is 11.9 Å². The van der Waals surface area contributed by atoms with Crippen molar-refractivity contribution in [3.05, 3.63) is 35.4 Å². The number of carboxylic acids is 1. The lowest BCUT2D eigenvalue weighted by molar-refractivity contribution is 0.0690. The number of nitrogens with one attached hydrogen (secondary N) is 2. The molecule has 0 saturated carbocycles. The molecule has 0 atom stereocenters. The Balaban J connectivity index is 2.13. The number of nitrogens with zero attached hydrogens (tertiary/aromatic N) is 1. The standard InChI is InChI=1S/C10H9N3O4/c1-5-6(2-3-17-5)9(14)11-8-4-7(10(15)16)12-13-8/h2-4H,1H3,(H,15,16)(H2,11,12,13,14). The minimum atomic E-state index is -1.14. The van der Waals surface area contributed by atoms with Gasteiger partial charge < -0.3 is 14.8 Å². The zero-order chi connectivity index (χ0) is 12.4. The summed E-state index contributed by atoms with van der Waals surface area (Å²) < 4.78 is 4.98. The average Bonchev–Trinajstić information content (AvgIpc) is 2.86. The molecule has 7 heteroatoms. The number of carbonyl (C=O) groups excluding carboxylic acids is 1. The predicted octanol–water partition coefficient (Wildman–Crippen LogP) is 1.26. The third-order valence-electron chi connectivity index (χ3n) is 2.15. The highest BCUT2D eigenvalue weighted by Gasteiger charge is 2.14. The normalized spacial score (nSPS) is 10.2.